The Morgan fingerprint density at radius 3 is 2.45 bits per heavy atom. The summed E-state index contributed by atoms with van der Waals surface area (Å²) < 4.78 is 0. The quantitative estimate of drug-likeness (QED) is 0.214. The molecule has 2 aliphatic heterocycles. The topological polar surface area (TPSA) is 122 Å². The number of amides is 4. The second-order valence-electron chi connectivity index (χ2n) is 10.4. The van der Waals surface area contributed by atoms with Gasteiger partial charge < -0.3 is 16.0 Å². The van der Waals surface area contributed by atoms with E-state index in [9.17, 15) is 19.2 Å². The highest BCUT2D eigenvalue weighted by Gasteiger charge is 2.39. The normalized spacial score (nSPS) is 17.1. The third-order valence-electron chi connectivity index (χ3n) is 7.52. The van der Waals surface area contributed by atoms with Crippen LogP contribution in [0.3, 0.4) is 0 Å². The molecule has 2 aromatic carbocycles. The summed E-state index contributed by atoms with van der Waals surface area (Å²) >= 11 is 0. The van der Waals surface area contributed by atoms with Crippen molar-refractivity contribution in [1.29, 1.82) is 0 Å². The van der Waals surface area contributed by atoms with Crippen LogP contribution < -0.4 is 16.4 Å². The van der Waals surface area contributed by atoms with Gasteiger partial charge in [0.15, 0.2) is 0 Å². The van der Waals surface area contributed by atoms with Gasteiger partial charge in [-0.3, -0.25) is 24.5 Å². The molecular weight excluding hydrogens is 504 g/mol. The van der Waals surface area contributed by atoms with Gasteiger partial charge in [0, 0.05) is 37.1 Å². The van der Waals surface area contributed by atoms with E-state index in [1.54, 1.807) is 11.0 Å². The summed E-state index contributed by atoms with van der Waals surface area (Å²) in [4.78, 5) is 50.4. The fourth-order valence-corrected chi connectivity index (χ4v) is 5.22. The van der Waals surface area contributed by atoms with Crippen LogP contribution in [0.2, 0.25) is 0 Å². The van der Waals surface area contributed by atoms with Crippen LogP contribution in [0.4, 0.5) is 0 Å². The van der Waals surface area contributed by atoms with Gasteiger partial charge in [-0.15, -0.1) is 0 Å². The molecule has 0 aliphatic carbocycles. The molecule has 4 rings (SSSR count). The van der Waals surface area contributed by atoms with E-state index in [0.29, 0.717) is 25.1 Å². The molecule has 8 nitrogen and oxygen atoms in total. The Morgan fingerprint density at radius 1 is 0.975 bits per heavy atom. The molecule has 2 unspecified atom stereocenters. The van der Waals surface area contributed by atoms with Crippen LogP contribution in [0.5, 0.6) is 0 Å². The molecule has 40 heavy (non-hydrogen) atoms. The second kappa shape index (κ2) is 14.4. The fourth-order valence-electron chi connectivity index (χ4n) is 5.22. The highest BCUT2D eigenvalue weighted by molar-refractivity contribution is 6.05. The highest BCUT2D eigenvalue weighted by Crippen LogP contribution is 2.29. The maximum atomic E-state index is 12.9. The average molecular weight is 543 g/mol. The third kappa shape index (κ3) is 7.57. The van der Waals surface area contributed by atoms with Crippen molar-refractivity contribution < 1.29 is 19.2 Å². The number of unbranched alkanes of at least 4 members (excludes halogenated alkanes) is 7. The first-order valence-electron chi connectivity index (χ1n) is 14.3. The zero-order valence-corrected chi connectivity index (χ0v) is 22.9. The average Bonchev–Trinajstić information content (AvgIpc) is 3.30. The number of imide groups is 1. The van der Waals surface area contributed by atoms with Gasteiger partial charge in [0.25, 0.3) is 5.91 Å². The molecule has 4 N–H and O–H groups in total. The van der Waals surface area contributed by atoms with Crippen molar-refractivity contribution in [2.75, 3.05) is 6.54 Å². The molecule has 8 heteroatoms. The molecule has 1 saturated heterocycles. The number of rotatable bonds is 12. The second-order valence-corrected chi connectivity index (χ2v) is 10.4. The van der Waals surface area contributed by atoms with E-state index in [1.165, 1.54) is 0 Å². The number of nitrogens with two attached hydrogens (primary N) is 1. The van der Waals surface area contributed by atoms with Crippen LogP contribution in [-0.4, -0.2) is 41.1 Å². The van der Waals surface area contributed by atoms with Gasteiger partial charge in [-0.25, -0.2) is 0 Å². The Bertz CT molecular complexity index is 1280. The molecule has 2 atom stereocenters. The zero-order valence-electron chi connectivity index (χ0n) is 22.9. The van der Waals surface area contributed by atoms with Gasteiger partial charge in [-0.2, -0.15) is 0 Å². The van der Waals surface area contributed by atoms with Crippen LogP contribution in [0, 0.1) is 11.8 Å². The summed E-state index contributed by atoms with van der Waals surface area (Å²) in [6.07, 6.45) is 9.01. The van der Waals surface area contributed by atoms with Crippen molar-refractivity contribution in [1.82, 2.24) is 15.5 Å². The van der Waals surface area contributed by atoms with Gasteiger partial charge in [0.1, 0.15) is 12.1 Å². The number of nitrogens with one attached hydrogen (secondary N) is 2. The molecule has 2 aromatic rings. The summed E-state index contributed by atoms with van der Waals surface area (Å²) in [5.74, 6) is 5.48. The molecule has 2 aliphatic rings. The number of piperidine rings is 1. The smallest absolute Gasteiger partial charge is 0.255 e. The minimum absolute atomic E-state index is 0.133. The van der Waals surface area contributed by atoms with Crippen LogP contribution in [-0.2, 0) is 20.9 Å². The van der Waals surface area contributed by atoms with Crippen LogP contribution in [0.1, 0.15) is 97.3 Å². The van der Waals surface area contributed by atoms with Crippen molar-refractivity contribution in [3.63, 3.8) is 0 Å². The first kappa shape index (κ1) is 29.0. The molecule has 2 heterocycles. The predicted octanol–water partition coefficient (Wildman–Crippen LogP) is 3.74. The maximum Gasteiger partial charge on any atom is 0.255 e. The Balaban J connectivity index is 1.09. The number of nitrogens with zero attached hydrogens (tertiary/aromatic N) is 1. The number of hydrogen-bond acceptors (Lipinski definition) is 5. The van der Waals surface area contributed by atoms with Gasteiger partial charge >= 0.3 is 0 Å². The number of carbonyl (C=O) groups excluding carboxylic acids is 4. The molecule has 0 spiro atoms. The lowest BCUT2D eigenvalue weighted by molar-refractivity contribution is -0.137. The van der Waals surface area contributed by atoms with Crippen LogP contribution in [0.15, 0.2) is 48.5 Å². The Labute approximate surface area is 236 Å². The van der Waals surface area contributed by atoms with Gasteiger partial charge in [-0.1, -0.05) is 80.3 Å². The van der Waals surface area contributed by atoms with E-state index in [4.69, 9.17) is 5.73 Å². The predicted molar refractivity (Wildman–Crippen MR) is 153 cm³/mol. The number of benzene rings is 2. The number of carbonyl (C=O) groups is 4. The zero-order chi connectivity index (χ0) is 28.3. The summed E-state index contributed by atoms with van der Waals surface area (Å²) in [5, 5.41) is 5.27. The molecule has 4 amide bonds. The Morgan fingerprint density at radius 2 is 1.70 bits per heavy atom. The lowest BCUT2D eigenvalue weighted by Gasteiger charge is -2.29. The fraction of sp³-hybridized carbons (Fsp3) is 0.438. The molecule has 0 radical (unpaired) electrons. The molecular formula is C32H38N4O4. The maximum absolute atomic E-state index is 12.9. The standard InChI is InChI=1S/C32H38N4O4/c33-29(24-15-10-8-11-16-24)31(39)34-21-12-7-5-3-1-2-4-6-9-14-23-17-13-18-25-26(23)22-36(32(25)40)27-19-20-28(37)35-30(27)38/h8,10-11,13,15-18,27,29H,1-7,12,19-22,33H2,(H,34,39)(H,35,37,38). The Hall–Kier alpha value is -3.96. The molecule has 0 aromatic heterocycles. The van der Waals surface area contributed by atoms with E-state index in [-0.39, 0.29) is 24.1 Å². The van der Waals surface area contributed by atoms with Gasteiger partial charge in [-0.05, 0) is 42.5 Å². The SMILES string of the molecule is NC(C(=O)NCCCCCCCCCC#Cc1cccc2c1CN(C1CCC(=O)NC1=O)C2=O)c1ccccc1. The number of fused-ring (bicyclic) bond motifs is 1. The summed E-state index contributed by atoms with van der Waals surface area (Å²) in [7, 11) is 0. The van der Waals surface area contributed by atoms with Gasteiger partial charge in [0.2, 0.25) is 17.7 Å². The van der Waals surface area contributed by atoms with Gasteiger partial charge in [0.05, 0.1) is 0 Å². The van der Waals surface area contributed by atoms with Crippen molar-refractivity contribution in [3.8, 4) is 11.8 Å². The summed E-state index contributed by atoms with van der Waals surface area (Å²) in [6, 6.07) is 13.7. The molecule has 0 bridgehead atoms. The first-order valence-corrected chi connectivity index (χ1v) is 14.3. The Kier molecular flexibility index (Phi) is 10.5. The highest BCUT2D eigenvalue weighted by atomic mass is 16.2. The lowest BCUT2D eigenvalue weighted by atomic mass is 10.0. The largest absolute Gasteiger partial charge is 0.354 e. The van der Waals surface area contributed by atoms with E-state index in [1.807, 2.05) is 42.5 Å². The first-order chi connectivity index (χ1) is 19.5. The third-order valence-corrected chi connectivity index (χ3v) is 7.52. The molecule has 0 saturated carbocycles. The van der Waals surface area contributed by atoms with E-state index < -0.39 is 18.0 Å². The van der Waals surface area contributed by atoms with Crippen molar-refractivity contribution in [2.24, 2.45) is 5.73 Å². The summed E-state index contributed by atoms with van der Waals surface area (Å²) in [5.41, 5.74) is 9.12. The molecule has 1 fully saturated rings. The lowest BCUT2D eigenvalue weighted by Crippen LogP contribution is -2.52. The van der Waals surface area contributed by atoms with Crippen molar-refractivity contribution >= 4 is 23.6 Å². The van der Waals surface area contributed by atoms with Crippen molar-refractivity contribution in [3.05, 3.63) is 70.8 Å². The van der Waals surface area contributed by atoms with Crippen molar-refractivity contribution in [2.45, 2.75) is 82.8 Å². The van der Waals surface area contributed by atoms with E-state index >= 15 is 0 Å². The van der Waals surface area contributed by atoms with Crippen LogP contribution >= 0.6 is 0 Å². The van der Waals surface area contributed by atoms with E-state index in [0.717, 1.165) is 68.1 Å². The monoisotopic (exact) mass is 542 g/mol. The van der Waals surface area contributed by atoms with Crippen LogP contribution in [0.25, 0.3) is 0 Å². The number of hydrogen-bond donors (Lipinski definition) is 3. The minimum atomic E-state index is -0.623. The molecule has 210 valence electrons. The van der Waals surface area contributed by atoms with E-state index in [2.05, 4.69) is 22.5 Å². The minimum Gasteiger partial charge on any atom is -0.354 e. The summed E-state index contributed by atoms with van der Waals surface area (Å²) in [6.45, 7) is 0.990.